The number of imidazole rings is 1. The summed E-state index contributed by atoms with van der Waals surface area (Å²) in [5, 5.41) is 3.49. The van der Waals surface area contributed by atoms with Gasteiger partial charge >= 0.3 is 0 Å². The third-order valence-electron chi connectivity index (χ3n) is 3.14. The van der Waals surface area contributed by atoms with Gasteiger partial charge in [-0.1, -0.05) is 6.42 Å². The molecule has 3 heterocycles. The third-order valence-corrected chi connectivity index (χ3v) is 3.14. The van der Waals surface area contributed by atoms with Gasteiger partial charge in [0.1, 0.15) is 5.82 Å². The van der Waals surface area contributed by atoms with E-state index in [1.807, 2.05) is 24.7 Å². The molecule has 3 rings (SSSR count). The van der Waals surface area contributed by atoms with Crippen molar-refractivity contribution in [1.29, 1.82) is 0 Å². The summed E-state index contributed by atoms with van der Waals surface area (Å²) in [7, 11) is 0. The second-order valence-corrected chi connectivity index (χ2v) is 4.28. The highest BCUT2D eigenvalue weighted by Gasteiger charge is 2.17. The maximum atomic E-state index is 4.46. The fourth-order valence-electron chi connectivity index (χ4n) is 2.24. The third kappa shape index (κ3) is 1.76. The Kier molecular flexibility index (Phi) is 2.50. The Hall–Kier alpha value is -1.55. The Morgan fingerprint density at radius 3 is 3.06 bits per heavy atom. The SMILES string of the molecule is c1cc(-c2cnc(C3CCCCN3)[nH]2)c[nH]1. The largest absolute Gasteiger partial charge is 0.367 e. The van der Waals surface area contributed by atoms with Gasteiger partial charge in [-0.25, -0.2) is 4.98 Å². The van der Waals surface area contributed by atoms with Gasteiger partial charge in [-0.3, -0.25) is 0 Å². The lowest BCUT2D eigenvalue weighted by Gasteiger charge is -2.21. The van der Waals surface area contributed by atoms with Crippen molar-refractivity contribution in [3.63, 3.8) is 0 Å². The van der Waals surface area contributed by atoms with Crippen LogP contribution < -0.4 is 5.32 Å². The van der Waals surface area contributed by atoms with E-state index in [1.165, 1.54) is 19.3 Å². The van der Waals surface area contributed by atoms with E-state index < -0.39 is 0 Å². The van der Waals surface area contributed by atoms with Crippen LogP contribution in [0.4, 0.5) is 0 Å². The lowest BCUT2D eigenvalue weighted by molar-refractivity contribution is 0.399. The molecule has 0 aliphatic carbocycles. The molecule has 0 saturated carbocycles. The van der Waals surface area contributed by atoms with Crippen LogP contribution in [0.5, 0.6) is 0 Å². The molecule has 0 spiro atoms. The molecule has 2 aromatic heterocycles. The quantitative estimate of drug-likeness (QED) is 0.721. The molecule has 1 unspecified atom stereocenters. The van der Waals surface area contributed by atoms with Crippen LogP contribution in [0.3, 0.4) is 0 Å². The topological polar surface area (TPSA) is 56.5 Å². The maximum Gasteiger partial charge on any atom is 0.123 e. The van der Waals surface area contributed by atoms with Gasteiger partial charge in [0.2, 0.25) is 0 Å². The average molecular weight is 216 g/mol. The molecule has 16 heavy (non-hydrogen) atoms. The van der Waals surface area contributed by atoms with E-state index in [9.17, 15) is 0 Å². The summed E-state index contributed by atoms with van der Waals surface area (Å²) in [4.78, 5) is 10.9. The van der Waals surface area contributed by atoms with Crippen LogP contribution in [-0.4, -0.2) is 21.5 Å². The first-order valence-corrected chi connectivity index (χ1v) is 5.85. The number of aromatic amines is 2. The number of aromatic nitrogens is 3. The number of rotatable bonds is 2. The molecule has 0 bridgehead atoms. The number of nitrogens with zero attached hydrogens (tertiary/aromatic N) is 1. The van der Waals surface area contributed by atoms with Crippen LogP contribution in [0.2, 0.25) is 0 Å². The minimum absolute atomic E-state index is 0.404. The average Bonchev–Trinajstić information content (AvgIpc) is 3.01. The molecule has 4 heteroatoms. The molecule has 0 amide bonds. The molecule has 2 aromatic rings. The van der Waals surface area contributed by atoms with E-state index in [0.29, 0.717) is 6.04 Å². The molecule has 1 atom stereocenters. The second kappa shape index (κ2) is 4.14. The van der Waals surface area contributed by atoms with E-state index in [0.717, 1.165) is 23.6 Å². The molecule has 1 fully saturated rings. The van der Waals surface area contributed by atoms with E-state index >= 15 is 0 Å². The fourth-order valence-corrected chi connectivity index (χ4v) is 2.24. The molecular formula is C12H16N4. The van der Waals surface area contributed by atoms with Crippen LogP contribution in [0, 0.1) is 0 Å². The molecule has 1 aliphatic rings. The van der Waals surface area contributed by atoms with E-state index in [1.54, 1.807) is 0 Å². The van der Waals surface area contributed by atoms with Crippen molar-refractivity contribution in [1.82, 2.24) is 20.3 Å². The Balaban J connectivity index is 1.82. The van der Waals surface area contributed by atoms with Crippen molar-refractivity contribution in [2.45, 2.75) is 25.3 Å². The van der Waals surface area contributed by atoms with E-state index in [2.05, 4.69) is 20.3 Å². The summed E-state index contributed by atoms with van der Waals surface area (Å²) in [6.07, 6.45) is 9.56. The van der Waals surface area contributed by atoms with E-state index in [4.69, 9.17) is 0 Å². The van der Waals surface area contributed by atoms with Crippen LogP contribution in [0.15, 0.2) is 24.7 Å². The van der Waals surface area contributed by atoms with Crippen LogP contribution in [0.1, 0.15) is 31.1 Å². The van der Waals surface area contributed by atoms with Gasteiger partial charge in [-0.05, 0) is 25.5 Å². The zero-order chi connectivity index (χ0) is 10.8. The standard InChI is InChI=1S/C12H16N4/c1-2-5-14-10(3-1)12-15-8-11(16-12)9-4-6-13-7-9/h4,6-8,10,13-14H,1-3,5H2,(H,15,16). The zero-order valence-electron chi connectivity index (χ0n) is 9.16. The van der Waals surface area contributed by atoms with Crippen molar-refractivity contribution in [3.8, 4) is 11.3 Å². The Bertz CT molecular complexity index is 437. The minimum Gasteiger partial charge on any atom is -0.367 e. The smallest absolute Gasteiger partial charge is 0.123 e. The highest BCUT2D eigenvalue weighted by atomic mass is 15.0. The predicted molar refractivity (Wildman–Crippen MR) is 63.0 cm³/mol. The normalized spacial score (nSPS) is 21.1. The molecule has 4 nitrogen and oxygen atoms in total. The lowest BCUT2D eigenvalue weighted by atomic mass is 10.0. The predicted octanol–water partition coefficient (Wildman–Crippen LogP) is 2.22. The van der Waals surface area contributed by atoms with Gasteiger partial charge in [0, 0.05) is 18.0 Å². The molecule has 3 N–H and O–H groups in total. The van der Waals surface area contributed by atoms with Crippen molar-refractivity contribution in [2.24, 2.45) is 0 Å². The Labute approximate surface area is 94.5 Å². The summed E-state index contributed by atoms with van der Waals surface area (Å²) in [5.74, 6) is 1.07. The van der Waals surface area contributed by atoms with Crippen LogP contribution in [0.25, 0.3) is 11.3 Å². The molecule has 84 valence electrons. The summed E-state index contributed by atoms with van der Waals surface area (Å²) < 4.78 is 0. The van der Waals surface area contributed by atoms with Gasteiger partial charge in [-0.15, -0.1) is 0 Å². The first kappa shape index (κ1) is 9.66. The summed E-state index contributed by atoms with van der Waals surface area (Å²) >= 11 is 0. The monoisotopic (exact) mass is 216 g/mol. The molecular weight excluding hydrogens is 200 g/mol. The lowest BCUT2D eigenvalue weighted by Crippen LogP contribution is -2.27. The first-order chi connectivity index (χ1) is 7.93. The number of hydrogen-bond acceptors (Lipinski definition) is 2. The highest BCUT2D eigenvalue weighted by molar-refractivity contribution is 5.57. The molecule has 1 aliphatic heterocycles. The van der Waals surface area contributed by atoms with Crippen molar-refractivity contribution >= 4 is 0 Å². The van der Waals surface area contributed by atoms with Gasteiger partial charge in [-0.2, -0.15) is 0 Å². The van der Waals surface area contributed by atoms with Crippen molar-refractivity contribution in [2.75, 3.05) is 6.54 Å². The number of hydrogen-bond donors (Lipinski definition) is 3. The van der Waals surface area contributed by atoms with Gasteiger partial charge in [0.05, 0.1) is 17.9 Å². The Morgan fingerprint density at radius 2 is 2.31 bits per heavy atom. The van der Waals surface area contributed by atoms with Gasteiger partial charge < -0.3 is 15.3 Å². The summed E-state index contributed by atoms with van der Waals surface area (Å²) in [5.41, 5.74) is 2.25. The Morgan fingerprint density at radius 1 is 1.31 bits per heavy atom. The van der Waals surface area contributed by atoms with Gasteiger partial charge in [0.25, 0.3) is 0 Å². The number of nitrogens with one attached hydrogen (secondary N) is 3. The zero-order valence-corrected chi connectivity index (χ0v) is 9.16. The maximum absolute atomic E-state index is 4.46. The van der Waals surface area contributed by atoms with Crippen molar-refractivity contribution in [3.05, 3.63) is 30.5 Å². The van der Waals surface area contributed by atoms with Crippen LogP contribution >= 0.6 is 0 Å². The summed E-state index contributed by atoms with van der Waals surface area (Å²) in [6, 6.07) is 2.45. The molecule has 1 saturated heterocycles. The number of piperidine rings is 1. The summed E-state index contributed by atoms with van der Waals surface area (Å²) in [6.45, 7) is 1.10. The van der Waals surface area contributed by atoms with Crippen molar-refractivity contribution < 1.29 is 0 Å². The molecule has 0 radical (unpaired) electrons. The molecule has 0 aromatic carbocycles. The van der Waals surface area contributed by atoms with Crippen LogP contribution in [-0.2, 0) is 0 Å². The minimum atomic E-state index is 0.404. The second-order valence-electron chi connectivity index (χ2n) is 4.28. The highest BCUT2D eigenvalue weighted by Crippen LogP contribution is 2.23. The first-order valence-electron chi connectivity index (χ1n) is 5.85. The van der Waals surface area contributed by atoms with E-state index in [-0.39, 0.29) is 0 Å². The number of H-pyrrole nitrogens is 2. The fraction of sp³-hybridized carbons (Fsp3) is 0.417. The van der Waals surface area contributed by atoms with Gasteiger partial charge in [0.15, 0.2) is 0 Å².